The van der Waals surface area contributed by atoms with Crippen LogP contribution in [-0.2, 0) is 0 Å². The summed E-state index contributed by atoms with van der Waals surface area (Å²) in [5.74, 6) is 2.81. The van der Waals surface area contributed by atoms with Crippen LogP contribution < -0.4 is 0 Å². The second kappa shape index (κ2) is 4.05. The van der Waals surface area contributed by atoms with Gasteiger partial charge in [0.1, 0.15) is 0 Å². The molecule has 84 valence electrons. The highest BCUT2D eigenvalue weighted by atomic mass is 14.1. The number of fused-ring (bicyclic) bond motifs is 3. The number of benzene rings is 3. The van der Waals surface area contributed by atoms with E-state index < -0.39 is 0 Å². The first-order valence-electron chi connectivity index (χ1n) is 5.89. The van der Waals surface area contributed by atoms with Crippen molar-refractivity contribution in [2.45, 2.75) is 0 Å². The second-order valence-electron chi connectivity index (χ2n) is 4.23. The third-order valence-corrected chi connectivity index (χ3v) is 3.32. The third kappa shape index (κ3) is 1.35. The van der Waals surface area contributed by atoms with E-state index >= 15 is 0 Å². The molecule has 0 N–H and O–H groups in total. The highest BCUT2D eigenvalue weighted by molar-refractivity contribution is 6.13. The SMILES string of the molecule is C#Cc1c(C=C)c2ccccc2c2ccccc12. The Labute approximate surface area is 107 Å². The van der Waals surface area contributed by atoms with Crippen molar-refractivity contribution in [1.82, 2.24) is 0 Å². The van der Waals surface area contributed by atoms with Crippen molar-refractivity contribution in [3.8, 4) is 12.3 Å². The highest BCUT2D eigenvalue weighted by Gasteiger charge is 2.09. The topological polar surface area (TPSA) is 0 Å². The fourth-order valence-electron chi connectivity index (χ4n) is 2.54. The van der Waals surface area contributed by atoms with Gasteiger partial charge in [-0.25, -0.2) is 0 Å². The summed E-state index contributed by atoms with van der Waals surface area (Å²) in [6.07, 6.45) is 7.54. The molecular formula is C18H12. The normalized spacial score (nSPS) is 10.4. The molecule has 0 heteroatoms. The maximum absolute atomic E-state index is 5.69. The molecule has 0 unspecified atom stereocenters. The van der Waals surface area contributed by atoms with Gasteiger partial charge in [0.2, 0.25) is 0 Å². The van der Waals surface area contributed by atoms with Crippen molar-refractivity contribution >= 4 is 27.6 Å². The van der Waals surface area contributed by atoms with Gasteiger partial charge in [-0.15, -0.1) is 6.42 Å². The van der Waals surface area contributed by atoms with Crippen molar-refractivity contribution in [3.05, 3.63) is 66.2 Å². The molecule has 18 heavy (non-hydrogen) atoms. The van der Waals surface area contributed by atoms with Gasteiger partial charge in [-0.1, -0.05) is 67.1 Å². The smallest absolute Gasteiger partial charge is 0.0399 e. The van der Waals surface area contributed by atoms with Crippen LogP contribution >= 0.6 is 0 Å². The van der Waals surface area contributed by atoms with Gasteiger partial charge in [-0.3, -0.25) is 0 Å². The zero-order chi connectivity index (χ0) is 12.5. The lowest BCUT2D eigenvalue weighted by Gasteiger charge is -2.11. The standard InChI is InChI=1S/C18H12/c1-3-13-14(4-2)16-10-6-8-12-18(16)17-11-7-5-9-15(13)17/h1,4-12H,2H2. The molecule has 0 fully saturated rings. The maximum Gasteiger partial charge on any atom is 0.0399 e. The van der Waals surface area contributed by atoms with E-state index in [1.54, 1.807) is 0 Å². The van der Waals surface area contributed by atoms with E-state index in [0.717, 1.165) is 16.5 Å². The number of hydrogen-bond donors (Lipinski definition) is 0. The first kappa shape index (κ1) is 10.6. The van der Waals surface area contributed by atoms with Gasteiger partial charge in [-0.05, 0) is 27.1 Å². The molecule has 0 radical (unpaired) electrons. The van der Waals surface area contributed by atoms with Crippen LogP contribution in [0, 0.1) is 12.3 Å². The van der Waals surface area contributed by atoms with Crippen molar-refractivity contribution in [1.29, 1.82) is 0 Å². The third-order valence-electron chi connectivity index (χ3n) is 3.32. The molecule has 0 spiro atoms. The van der Waals surface area contributed by atoms with Crippen molar-refractivity contribution in [2.24, 2.45) is 0 Å². The minimum atomic E-state index is 0.930. The Kier molecular flexibility index (Phi) is 2.39. The summed E-state index contributed by atoms with van der Waals surface area (Å²) in [4.78, 5) is 0. The molecule has 0 saturated heterocycles. The minimum Gasteiger partial charge on any atom is -0.115 e. The predicted octanol–water partition coefficient (Wildman–Crippen LogP) is 4.62. The molecule has 0 aliphatic rings. The Morgan fingerprint density at radius 2 is 1.33 bits per heavy atom. The summed E-state index contributed by atoms with van der Waals surface area (Å²) in [6, 6.07) is 16.6. The zero-order valence-electron chi connectivity index (χ0n) is 9.98. The van der Waals surface area contributed by atoms with Crippen LogP contribution in [0.3, 0.4) is 0 Å². The van der Waals surface area contributed by atoms with Crippen molar-refractivity contribution < 1.29 is 0 Å². The molecule has 0 bridgehead atoms. The monoisotopic (exact) mass is 228 g/mol. The molecular weight excluding hydrogens is 216 g/mol. The molecule has 0 aliphatic carbocycles. The molecule has 3 rings (SSSR count). The molecule has 3 aromatic carbocycles. The summed E-state index contributed by atoms with van der Waals surface area (Å²) in [7, 11) is 0. The lowest BCUT2D eigenvalue weighted by atomic mass is 9.92. The van der Waals surface area contributed by atoms with E-state index in [4.69, 9.17) is 6.42 Å². The molecule has 0 saturated carbocycles. The van der Waals surface area contributed by atoms with Gasteiger partial charge >= 0.3 is 0 Å². The summed E-state index contributed by atoms with van der Waals surface area (Å²) >= 11 is 0. The van der Waals surface area contributed by atoms with Gasteiger partial charge in [0.05, 0.1) is 0 Å². The summed E-state index contributed by atoms with van der Waals surface area (Å²) in [5, 5.41) is 4.71. The van der Waals surface area contributed by atoms with Gasteiger partial charge in [0, 0.05) is 5.56 Å². The van der Waals surface area contributed by atoms with E-state index in [-0.39, 0.29) is 0 Å². The molecule has 0 aromatic heterocycles. The lowest BCUT2D eigenvalue weighted by molar-refractivity contribution is 1.70. The summed E-state index contributed by atoms with van der Waals surface area (Å²) < 4.78 is 0. The van der Waals surface area contributed by atoms with E-state index in [1.807, 2.05) is 24.3 Å². The van der Waals surface area contributed by atoms with Crippen molar-refractivity contribution in [2.75, 3.05) is 0 Å². The lowest BCUT2D eigenvalue weighted by Crippen LogP contribution is -1.89. The second-order valence-corrected chi connectivity index (χ2v) is 4.23. The number of rotatable bonds is 1. The predicted molar refractivity (Wildman–Crippen MR) is 79.5 cm³/mol. The van der Waals surface area contributed by atoms with Crippen LogP contribution in [0.5, 0.6) is 0 Å². The Morgan fingerprint density at radius 1 is 0.833 bits per heavy atom. The van der Waals surface area contributed by atoms with E-state index in [0.29, 0.717) is 0 Å². The summed E-state index contributed by atoms with van der Waals surface area (Å²) in [5.41, 5.74) is 1.98. The fraction of sp³-hybridized carbons (Fsp3) is 0. The average molecular weight is 228 g/mol. The van der Waals surface area contributed by atoms with Gasteiger partial charge in [0.15, 0.2) is 0 Å². The van der Waals surface area contributed by atoms with Crippen LogP contribution in [0.1, 0.15) is 11.1 Å². The molecule has 3 aromatic rings. The van der Waals surface area contributed by atoms with Crippen molar-refractivity contribution in [3.63, 3.8) is 0 Å². The first-order valence-corrected chi connectivity index (χ1v) is 5.89. The molecule has 0 nitrogen and oxygen atoms in total. The Hall–Kier alpha value is -2.52. The first-order chi connectivity index (χ1) is 8.86. The number of hydrogen-bond acceptors (Lipinski definition) is 0. The Balaban J connectivity index is 2.71. The van der Waals surface area contributed by atoms with Gasteiger partial charge < -0.3 is 0 Å². The van der Waals surface area contributed by atoms with Gasteiger partial charge in [0.25, 0.3) is 0 Å². The molecule has 0 amide bonds. The number of terminal acetylenes is 1. The van der Waals surface area contributed by atoms with Crippen LogP contribution in [-0.4, -0.2) is 0 Å². The molecule has 0 heterocycles. The molecule has 0 atom stereocenters. The minimum absolute atomic E-state index is 0.930. The highest BCUT2D eigenvalue weighted by Crippen LogP contribution is 2.32. The van der Waals surface area contributed by atoms with E-state index in [2.05, 4.69) is 42.8 Å². The van der Waals surface area contributed by atoms with E-state index in [9.17, 15) is 0 Å². The fourth-order valence-corrected chi connectivity index (χ4v) is 2.54. The van der Waals surface area contributed by atoms with Crippen LogP contribution in [0.4, 0.5) is 0 Å². The van der Waals surface area contributed by atoms with Crippen LogP contribution in [0.15, 0.2) is 55.1 Å². The van der Waals surface area contributed by atoms with Gasteiger partial charge in [-0.2, -0.15) is 0 Å². The Bertz CT molecular complexity index is 801. The van der Waals surface area contributed by atoms with Crippen LogP contribution in [0.25, 0.3) is 27.6 Å². The average Bonchev–Trinajstić information content (AvgIpc) is 2.45. The quantitative estimate of drug-likeness (QED) is 0.421. The Morgan fingerprint density at radius 3 is 1.89 bits per heavy atom. The summed E-state index contributed by atoms with van der Waals surface area (Å²) in [6.45, 7) is 3.90. The largest absolute Gasteiger partial charge is 0.115 e. The maximum atomic E-state index is 5.69. The zero-order valence-corrected chi connectivity index (χ0v) is 9.98. The molecule has 0 aliphatic heterocycles. The van der Waals surface area contributed by atoms with Crippen LogP contribution in [0.2, 0.25) is 0 Å². The van der Waals surface area contributed by atoms with E-state index in [1.165, 1.54) is 16.2 Å².